The number of benzene rings is 1. The monoisotopic (exact) mass is 444 g/mol. The molecule has 0 atom stereocenters. The Balaban J connectivity index is 1.46. The standard InChI is InChI=1S/C22H25ClN4O2S/c23-20-8-7-19(30-20)17-25-13-15-26(16-14-25)21(28)9-10-22(29)27(12-4-11-24)18-5-2-1-3-6-18/h1-3,5-8H,4,9-10,12-17H2. The molecule has 3 rings (SSSR count). The first-order valence-corrected chi connectivity index (χ1v) is 11.2. The fraction of sp³-hybridized carbons (Fsp3) is 0.409. The number of carbonyl (C=O) groups excluding carboxylic acids is 2. The van der Waals surface area contributed by atoms with Crippen molar-refractivity contribution in [2.75, 3.05) is 37.6 Å². The smallest absolute Gasteiger partial charge is 0.227 e. The molecule has 0 aliphatic carbocycles. The number of hydrogen-bond donors (Lipinski definition) is 0. The summed E-state index contributed by atoms with van der Waals surface area (Å²) >= 11 is 7.58. The minimum Gasteiger partial charge on any atom is -0.340 e. The van der Waals surface area contributed by atoms with Crippen LogP contribution < -0.4 is 4.90 Å². The maximum atomic E-state index is 12.7. The summed E-state index contributed by atoms with van der Waals surface area (Å²) in [7, 11) is 0. The minimum atomic E-state index is -0.127. The molecular formula is C22H25ClN4O2S. The quantitative estimate of drug-likeness (QED) is 0.621. The number of rotatable bonds is 8. The van der Waals surface area contributed by atoms with Crippen LogP contribution in [0.15, 0.2) is 42.5 Å². The summed E-state index contributed by atoms with van der Waals surface area (Å²) in [6, 6.07) is 15.3. The fourth-order valence-electron chi connectivity index (χ4n) is 3.49. The molecule has 1 aliphatic heterocycles. The summed E-state index contributed by atoms with van der Waals surface area (Å²) < 4.78 is 0.794. The molecule has 0 unspecified atom stereocenters. The van der Waals surface area contributed by atoms with E-state index in [1.54, 1.807) is 16.2 Å². The van der Waals surface area contributed by atoms with Crippen molar-refractivity contribution in [2.45, 2.75) is 25.8 Å². The number of para-hydroxylation sites is 1. The van der Waals surface area contributed by atoms with Crippen LogP contribution in [0.3, 0.4) is 0 Å². The van der Waals surface area contributed by atoms with Crippen LogP contribution in [0.4, 0.5) is 5.69 Å². The number of anilines is 1. The summed E-state index contributed by atoms with van der Waals surface area (Å²) in [5.74, 6) is -0.117. The molecule has 0 spiro atoms. The van der Waals surface area contributed by atoms with Crippen molar-refractivity contribution in [1.82, 2.24) is 9.80 Å². The van der Waals surface area contributed by atoms with Crippen molar-refractivity contribution in [1.29, 1.82) is 5.26 Å². The summed E-state index contributed by atoms with van der Waals surface area (Å²) in [5.41, 5.74) is 0.757. The average molecular weight is 445 g/mol. The van der Waals surface area contributed by atoms with E-state index in [-0.39, 0.29) is 31.1 Å². The molecule has 1 aromatic heterocycles. The number of hydrogen-bond acceptors (Lipinski definition) is 5. The van der Waals surface area contributed by atoms with Gasteiger partial charge in [0, 0.05) is 62.7 Å². The van der Waals surface area contributed by atoms with Crippen molar-refractivity contribution in [2.24, 2.45) is 0 Å². The van der Waals surface area contributed by atoms with Gasteiger partial charge in [-0.3, -0.25) is 14.5 Å². The number of amides is 2. The van der Waals surface area contributed by atoms with Crippen LogP contribution in [0.5, 0.6) is 0 Å². The van der Waals surface area contributed by atoms with Gasteiger partial charge in [0.05, 0.1) is 16.8 Å². The maximum Gasteiger partial charge on any atom is 0.227 e. The largest absolute Gasteiger partial charge is 0.340 e. The van der Waals surface area contributed by atoms with Crippen LogP contribution in [0.2, 0.25) is 4.34 Å². The van der Waals surface area contributed by atoms with Gasteiger partial charge in [-0.25, -0.2) is 0 Å². The Hall–Kier alpha value is -2.40. The van der Waals surface area contributed by atoms with E-state index in [0.717, 1.165) is 29.7 Å². The van der Waals surface area contributed by atoms with Gasteiger partial charge in [-0.15, -0.1) is 11.3 Å². The van der Waals surface area contributed by atoms with Crippen molar-refractivity contribution in [3.05, 3.63) is 51.7 Å². The highest BCUT2D eigenvalue weighted by Crippen LogP contribution is 2.23. The Morgan fingerprint density at radius 2 is 1.80 bits per heavy atom. The van der Waals surface area contributed by atoms with E-state index in [2.05, 4.69) is 11.0 Å². The van der Waals surface area contributed by atoms with Crippen LogP contribution in [0.25, 0.3) is 0 Å². The molecule has 0 bridgehead atoms. The van der Waals surface area contributed by atoms with Gasteiger partial charge in [-0.1, -0.05) is 29.8 Å². The van der Waals surface area contributed by atoms with Crippen molar-refractivity contribution < 1.29 is 9.59 Å². The van der Waals surface area contributed by atoms with Gasteiger partial charge in [0.1, 0.15) is 0 Å². The highest BCUT2D eigenvalue weighted by molar-refractivity contribution is 7.16. The zero-order chi connectivity index (χ0) is 21.3. The second-order valence-electron chi connectivity index (χ2n) is 7.15. The SMILES string of the molecule is N#CCCN(C(=O)CCC(=O)N1CCN(Cc2ccc(Cl)s2)CC1)c1ccccc1. The van der Waals surface area contributed by atoms with Crippen LogP contribution in [-0.2, 0) is 16.1 Å². The number of halogens is 1. The van der Waals surface area contributed by atoms with Gasteiger partial charge in [-0.05, 0) is 24.3 Å². The number of piperazine rings is 1. The average Bonchev–Trinajstić information content (AvgIpc) is 3.18. The van der Waals surface area contributed by atoms with E-state index >= 15 is 0 Å². The summed E-state index contributed by atoms with van der Waals surface area (Å²) in [4.78, 5) is 32.3. The summed E-state index contributed by atoms with van der Waals surface area (Å²) in [5, 5.41) is 8.89. The number of nitrogens with zero attached hydrogens (tertiary/aromatic N) is 4. The first-order chi connectivity index (χ1) is 14.6. The molecule has 1 saturated heterocycles. The zero-order valence-corrected chi connectivity index (χ0v) is 18.4. The molecule has 30 heavy (non-hydrogen) atoms. The van der Waals surface area contributed by atoms with Crippen LogP contribution in [-0.4, -0.2) is 54.3 Å². The molecule has 6 nitrogen and oxygen atoms in total. The van der Waals surface area contributed by atoms with E-state index in [1.807, 2.05) is 47.4 Å². The molecule has 8 heteroatoms. The number of thiophene rings is 1. The lowest BCUT2D eigenvalue weighted by Crippen LogP contribution is -2.48. The second-order valence-corrected chi connectivity index (χ2v) is 8.95. The van der Waals surface area contributed by atoms with Crippen molar-refractivity contribution in [3.63, 3.8) is 0 Å². The third-order valence-corrected chi connectivity index (χ3v) is 6.32. The summed E-state index contributed by atoms with van der Waals surface area (Å²) in [6.45, 7) is 4.15. The number of nitriles is 1. The van der Waals surface area contributed by atoms with Crippen LogP contribution in [0.1, 0.15) is 24.1 Å². The number of carbonyl (C=O) groups is 2. The molecule has 2 aromatic rings. The lowest BCUT2D eigenvalue weighted by molar-refractivity contribution is -0.134. The molecule has 2 amide bonds. The van der Waals surface area contributed by atoms with Gasteiger partial charge in [0.25, 0.3) is 0 Å². The molecular weight excluding hydrogens is 420 g/mol. The first-order valence-electron chi connectivity index (χ1n) is 10.0. The molecule has 1 aromatic carbocycles. The highest BCUT2D eigenvalue weighted by Gasteiger charge is 2.23. The zero-order valence-electron chi connectivity index (χ0n) is 16.8. The summed E-state index contributed by atoms with van der Waals surface area (Å²) in [6.07, 6.45) is 0.592. The van der Waals surface area contributed by atoms with Crippen molar-refractivity contribution in [3.8, 4) is 6.07 Å². The predicted molar refractivity (Wildman–Crippen MR) is 119 cm³/mol. The fourth-order valence-corrected chi connectivity index (χ4v) is 4.62. The minimum absolute atomic E-state index is 0.00969. The maximum absolute atomic E-state index is 12.7. The molecule has 2 heterocycles. The van der Waals surface area contributed by atoms with E-state index in [1.165, 1.54) is 4.88 Å². The van der Waals surface area contributed by atoms with E-state index < -0.39 is 0 Å². The van der Waals surface area contributed by atoms with Gasteiger partial charge >= 0.3 is 0 Å². The van der Waals surface area contributed by atoms with E-state index in [4.69, 9.17) is 16.9 Å². The third-order valence-electron chi connectivity index (χ3n) is 5.10. The van der Waals surface area contributed by atoms with Gasteiger partial charge < -0.3 is 9.80 Å². The molecule has 0 saturated carbocycles. The van der Waals surface area contributed by atoms with E-state index in [9.17, 15) is 9.59 Å². The molecule has 0 N–H and O–H groups in total. The Morgan fingerprint density at radius 3 is 2.43 bits per heavy atom. The Morgan fingerprint density at radius 1 is 1.07 bits per heavy atom. The molecule has 158 valence electrons. The van der Waals surface area contributed by atoms with E-state index in [0.29, 0.717) is 19.6 Å². The topological polar surface area (TPSA) is 67.6 Å². The Labute approximate surface area is 186 Å². The van der Waals surface area contributed by atoms with Gasteiger partial charge in [0.15, 0.2) is 0 Å². The van der Waals surface area contributed by atoms with Crippen LogP contribution >= 0.6 is 22.9 Å². The molecule has 1 aliphatic rings. The normalized spacial score (nSPS) is 14.3. The first kappa shape index (κ1) is 22.3. The lowest BCUT2D eigenvalue weighted by Gasteiger charge is -2.34. The third kappa shape index (κ3) is 6.30. The Kier molecular flexibility index (Phi) is 8.26. The molecule has 1 fully saturated rings. The predicted octanol–water partition coefficient (Wildman–Crippen LogP) is 3.77. The second kappa shape index (κ2) is 11.1. The van der Waals surface area contributed by atoms with Gasteiger partial charge in [0.2, 0.25) is 11.8 Å². The van der Waals surface area contributed by atoms with Crippen molar-refractivity contribution >= 4 is 40.4 Å². The Bertz CT molecular complexity index is 888. The van der Waals surface area contributed by atoms with Crippen LogP contribution in [0, 0.1) is 11.3 Å². The van der Waals surface area contributed by atoms with Gasteiger partial charge in [-0.2, -0.15) is 5.26 Å². The highest BCUT2D eigenvalue weighted by atomic mass is 35.5. The molecule has 0 radical (unpaired) electrons. The lowest BCUT2D eigenvalue weighted by atomic mass is 10.2.